The lowest BCUT2D eigenvalue weighted by Crippen LogP contribution is -2.50. The third-order valence-electron chi connectivity index (χ3n) is 4.73. The van der Waals surface area contributed by atoms with Gasteiger partial charge in [0.15, 0.2) is 0 Å². The Morgan fingerprint density at radius 1 is 1.20 bits per heavy atom. The van der Waals surface area contributed by atoms with Gasteiger partial charge in [-0.1, -0.05) is 31.9 Å². The van der Waals surface area contributed by atoms with Crippen LogP contribution in [0.15, 0.2) is 30.3 Å². The van der Waals surface area contributed by atoms with Crippen molar-refractivity contribution in [2.75, 3.05) is 7.11 Å². The van der Waals surface area contributed by atoms with Gasteiger partial charge in [-0.2, -0.15) is 0 Å². The van der Waals surface area contributed by atoms with Gasteiger partial charge in [0.25, 0.3) is 0 Å². The number of carbonyl (C=O) groups excluding carboxylic acids is 2. The number of rotatable bonds is 6. The summed E-state index contributed by atoms with van der Waals surface area (Å²) in [5, 5.41) is 5.78. The lowest BCUT2D eigenvalue weighted by Gasteiger charge is -2.30. The summed E-state index contributed by atoms with van der Waals surface area (Å²) in [5.74, 6) is 0.861. The normalized spacial score (nSPS) is 21.6. The summed E-state index contributed by atoms with van der Waals surface area (Å²) in [7, 11) is 1.61. The van der Waals surface area contributed by atoms with Gasteiger partial charge in [0.1, 0.15) is 11.8 Å². The highest BCUT2D eigenvalue weighted by Crippen LogP contribution is 2.23. The number of benzene rings is 1. The molecule has 0 spiro atoms. The highest BCUT2D eigenvalue weighted by Gasteiger charge is 2.25. The van der Waals surface area contributed by atoms with Gasteiger partial charge in [0, 0.05) is 12.1 Å². The van der Waals surface area contributed by atoms with Gasteiger partial charge >= 0.3 is 0 Å². The van der Waals surface area contributed by atoms with Crippen molar-refractivity contribution in [1.82, 2.24) is 10.6 Å². The van der Waals surface area contributed by atoms with Gasteiger partial charge in [-0.05, 0) is 49.5 Å². The smallest absolute Gasteiger partial charge is 0.244 e. The van der Waals surface area contributed by atoms with E-state index in [0.29, 0.717) is 5.92 Å². The average Bonchev–Trinajstić information content (AvgIpc) is 2.62. The van der Waals surface area contributed by atoms with Gasteiger partial charge < -0.3 is 15.4 Å². The molecule has 0 saturated heterocycles. The fraction of sp³-hybridized carbons (Fsp3) is 0.500. The second-order valence-corrected chi connectivity index (χ2v) is 6.71. The number of methoxy groups -OCH3 is 1. The molecule has 5 heteroatoms. The lowest BCUT2D eigenvalue weighted by molar-refractivity contribution is -0.127. The van der Waals surface area contributed by atoms with Crippen LogP contribution < -0.4 is 15.4 Å². The van der Waals surface area contributed by atoms with Crippen LogP contribution in [0.25, 0.3) is 6.08 Å². The predicted molar refractivity (Wildman–Crippen MR) is 99.2 cm³/mol. The maximum atomic E-state index is 12.3. The van der Waals surface area contributed by atoms with Crippen molar-refractivity contribution in [3.05, 3.63) is 35.9 Å². The zero-order valence-electron chi connectivity index (χ0n) is 15.2. The van der Waals surface area contributed by atoms with Crippen molar-refractivity contribution in [2.24, 2.45) is 5.92 Å². The molecule has 3 atom stereocenters. The Morgan fingerprint density at radius 2 is 1.88 bits per heavy atom. The molecule has 1 saturated carbocycles. The Kier molecular flexibility index (Phi) is 7.04. The summed E-state index contributed by atoms with van der Waals surface area (Å²) >= 11 is 0. The predicted octanol–water partition coefficient (Wildman–Crippen LogP) is 2.91. The van der Waals surface area contributed by atoms with Crippen LogP contribution in [0.4, 0.5) is 0 Å². The Morgan fingerprint density at radius 3 is 2.52 bits per heavy atom. The van der Waals surface area contributed by atoms with E-state index in [1.165, 1.54) is 12.5 Å². The summed E-state index contributed by atoms with van der Waals surface area (Å²) in [4.78, 5) is 24.3. The highest BCUT2D eigenvalue weighted by molar-refractivity contribution is 5.95. The molecular weight excluding hydrogens is 316 g/mol. The standard InChI is InChI=1S/C20H28N2O3/c1-14-6-4-5-7-18(14)22-20(24)15(2)21-19(23)13-10-16-8-11-17(25-3)12-9-16/h8-15,18H,4-7H2,1-3H3,(H,21,23)(H,22,24). The van der Waals surface area contributed by atoms with Gasteiger partial charge in [-0.15, -0.1) is 0 Å². The van der Waals surface area contributed by atoms with Crippen LogP contribution in [0.3, 0.4) is 0 Å². The molecule has 0 radical (unpaired) electrons. The van der Waals surface area contributed by atoms with Crippen LogP contribution >= 0.6 is 0 Å². The fourth-order valence-corrected chi connectivity index (χ4v) is 3.05. The molecule has 0 aliphatic heterocycles. The Labute approximate surface area is 149 Å². The Balaban J connectivity index is 1.81. The third-order valence-corrected chi connectivity index (χ3v) is 4.73. The Hall–Kier alpha value is -2.30. The molecule has 1 aromatic rings. The molecule has 2 amide bonds. The Bertz CT molecular complexity index is 610. The van der Waals surface area contributed by atoms with Crippen molar-refractivity contribution in [2.45, 2.75) is 51.6 Å². The first kappa shape index (κ1) is 19.0. The molecule has 0 bridgehead atoms. The number of hydrogen-bond acceptors (Lipinski definition) is 3. The van der Waals surface area contributed by atoms with E-state index >= 15 is 0 Å². The van der Waals surface area contributed by atoms with E-state index in [4.69, 9.17) is 4.74 Å². The van der Waals surface area contributed by atoms with E-state index in [2.05, 4.69) is 17.6 Å². The number of hydrogen-bond donors (Lipinski definition) is 2. The summed E-state index contributed by atoms with van der Waals surface area (Å²) in [6.07, 6.45) is 7.70. The zero-order valence-corrected chi connectivity index (χ0v) is 15.2. The van der Waals surface area contributed by atoms with Crippen molar-refractivity contribution in [3.63, 3.8) is 0 Å². The molecule has 0 aromatic heterocycles. The highest BCUT2D eigenvalue weighted by atomic mass is 16.5. The van der Waals surface area contributed by atoms with Crippen LogP contribution in [-0.4, -0.2) is 31.0 Å². The van der Waals surface area contributed by atoms with Crippen molar-refractivity contribution >= 4 is 17.9 Å². The quantitative estimate of drug-likeness (QED) is 0.780. The van der Waals surface area contributed by atoms with Crippen molar-refractivity contribution in [1.29, 1.82) is 0 Å². The molecule has 25 heavy (non-hydrogen) atoms. The molecule has 1 fully saturated rings. The lowest BCUT2D eigenvalue weighted by atomic mass is 9.86. The minimum absolute atomic E-state index is 0.120. The monoisotopic (exact) mass is 344 g/mol. The molecule has 0 heterocycles. The molecule has 2 rings (SSSR count). The van der Waals surface area contributed by atoms with Gasteiger partial charge in [-0.25, -0.2) is 0 Å². The molecular formula is C20H28N2O3. The maximum absolute atomic E-state index is 12.3. The molecule has 5 nitrogen and oxygen atoms in total. The van der Waals surface area contributed by atoms with E-state index in [9.17, 15) is 9.59 Å². The number of amides is 2. The largest absolute Gasteiger partial charge is 0.497 e. The van der Waals surface area contributed by atoms with E-state index in [1.807, 2.05) is 24.3 Å². The van der Waals surface area contributed by atoms with E-state index in [-0.39, 0.29) is 17.9 Å². The molecule has 3 unspecified atom stereocenters. The summed E-state index contributed by atoms with van der Waals surface area (Å²) < 4.78 is 5.10. The topological polar surface area (TPSA) is 67.4 Å². The number of nitrogens with one attached hydrogen (secondary N) is 2. The van der Waals surface area contributed by atoms with Crippen LogP contribution in [-0.2, 0) is 9.59 Å². The van der Waals surface area contributed by atoms with Gasteiger partial charge in [0.05, 0.1) is 7.11 Å². The molecule has 2 N–H and O–H groups in total. The van der Waals surface area contributed by atoms with Crippen LogP contribution in [0.5, 0.6) is 5.75 Å². The molecule has 1 aliphatic carbocycles. The first-order valence-electron chi connectivity index (χ1n) is 8.92. The van der Waals surface area contributed by atoms with Crippen molar-refractivity contribution in [3.8, 4) is 5.75 Å². The fourth-order valence-electron chi connectivity index (χ4n) is 3.05. The molecule has 1 aromatic carbocycles. The zero-order chi connectivity index (χ0) is 18.2. The minimum Gasteiger partial charge on any atom is -0.497 e. The molecule has 136 valence electrons. The summed E-state index contributed by atoms with van der Waals surface area (Å²) in [6, 6.07) is 7.06. The van der Waals surface area contributed by atoms with Crippen LogP contribution in [0, 0.1) is 5.92 Å². The summed E-state index contributed by atoms with van der Waals surface area (Å²) in [6.45, 7) is 3.88. The maximum Gasteiger partial charge on any atom is 0.244 e. The first-order chi connectivity index (χ1) is 12.0. The average molecular weight is 344 g/mol. The van der Waals surface area contributed by atoms with E-state index in [1.54, 1.807) is 20.1 Å². The third kappa shape index (κ3) is 5.93. The summed E-state index contributed by atoms with van der Waals surface area (Å²) in [5.41, 5.74) is 0.893. The van der Waals surface area contributed by atoms with Crippen LogP contribution in [0.2, 0.25) is 0 Å². The van der Waals surface area contributed by atoms with E-state index in [0.717, 1.165) is 30.6 Å². The van der Waals surface area contributed by atoms with Gasteiger partial charge in [0.2, 0.25) is 11.8 Å². The van der Waals surface area contributed by atoms with E-state index < -0.39 is 6.04 Å². The number of ether oxygens (including phenoxy) is 1. The SMILES string of the molecule is COc1ccc(C=CC(=O)NC(C)C(=O)NC2CCCCC2C)cc1. The van der Waals surface area contributed by atoms with Gasteiger partial charge in [-0.3, -0.25) is 9.59 Å². The first-order valence-corrected chi connectivity index (χ1v) is 8.92. The second kappa shape index (κ2) is 9.25. The number of carbonyl (C=O) groups is 2. The minimum atomic E-state index is -0.554. The second-order valence-electron chi connectivity index (χ2n) is 6.71. The molecule has 1 aliphatic rings. The van der Waals surface area contributed by atoms with Crippen molar-refractivity contribution < 1.29 is 14.3 Å². The van der Waals surface area contributed by atoms with Crippen LogP contribution in [0.1, 0.15) is 45.1 Å².